The average Bonchev–Trinajstić information content (AvgIpc) is 2.85. The van der Waals surface area contributed by atoms with E-state index in [1.54, 1.807) is 36.4 Å². The van der Waals surface area contributed by atoms with Crippen LogP contribution >= 0.6 is 23.2 Å². The summed E-state index contributed by atoms with van der Waals surface area (Å²) >= 11 is 12.6. The highest BCUT2D eigenvalue weighted by atomic mass is 35.5. The summed E-state index contributed by atoms with van der Waals surface area (Å²) in [6.07, 6.45) is 1.36. The largest absolute Gasteiger partial charge is 0.420 e. The molecule has 0 aliphatic rings. The highest BCUT2D eigenvalue weighted by molar-refractivity contribution is 6.37. The molecule has 0 aliphatic carbocycles. The van der Waals surface area contributed by atoms with Crippen molar-refractivity contribution in [3.8, 4) is 11.8 Å². The second kappa shape index (κ2) is 10.2. The maximum atomic E-state index is 12.8. The number of carbonyl (C=O) groups is 2. The topological polar surface area (TPSA) is 79.2 Å². The minimum absolute atomic E-state index is 0.00643. The molecular weight excluding hydrogens is 471 g/mol. The van der Waals surface area contributed by atoms with E-state index in [1.165, 1.54) is 18.2 Å². The van der Waals surface area contributed by atoms with Gasteiger partial charge in [0.2, 0.25) is 0 Å². The van der Waals surface area contributed by atoms with Crippen LogP contribution in [-0.4, -0.2) is 11.9 Å². The molecular formula is C27H16Cl2N2O3. The van der Waals surface area contributed by atoms with Gasteiger partial charge in [0.25, 0.3) is 5.91 Å². The molecule has 4 aromatic rings. The van der Waals surface area contributed by atoms with Crippen LogP contribution in [0.4, 0.5) is 5.69 Å². The minimum Gasteiger partial charge on any atom is -0.420 e. The van der Waals surface area contributed by atoms with Gasteiger partial charge in [-0.3, -0.25) is 4.79 Å². The van der Waals surface area contributed by atoms with Crippen LogP contribution in [0, 0.1) is 11.3 Å². The lowest BCUT2D eigenvalue weighted by Crippen LogP contribution is -2.13. The summed E-state index contributed by atoms with van der Waals surface area (Å²) < 4.78 is 5.35. The van der Waals surface area contributed by atoms with Crippen LogP contribution in [0.3, 0.4) is 0 Å². The fourth-order valence-corrected chi connectivity index (χ4v) is 3.91. The molecule has 0 saturated heterocycles. The molecule has 0 unspecified atom stereocenters. The van der Waals surface area contributed by atoms with Gasteiger partial charge in [-0.1, -0.05) is 77.8 Å². The third-order valence-corrected chi connectivity index (χ3v) is 5.50. The number of carbonyl (C=O) groups excluding carboxylic acids is 2. The number of nitriles is 1. The van der Waals surface area contributed by atoms with Crippen LogP contribution in [0.15, 0.2) is 90.5 Å². The fraction of sp³-hybridized carbons (Fsp3) is 0. The molecule has 166 valence electrons. The molecule has 0 saturated carbocycles. The lowest BCUT2D eigenvalue weighted by atomic mass is 10.1. The highest BCUT2D eigenvalue weighted by Gasteiger charge is 2.17. The van der Waals surface area contributed by atoms with Crippen LogP contribution in [0.5, 0.6) is 5.75 Å². The van der Waals surface area contributed by atoms with Gasteiger partial charge in [0, 0.05) is 11.1 Å². The predicted molar refractivity (Wildman–Crippen MR) is 134 cm³/mol. The van der Waals surface area contributed by atoms with Gasteiger partial charge in [-0.2, -0.15) is 5.26 Å². The Morgan fingerprint density at radius 3 is 2.24 bits per heavy atom. The summed E-state index contributed by atoms with van der Waals surface area (Å²) in [6.45, 7) is 0. The van der Waals surface area contributed by atoms with E-state index in [-0.39, 0.29) is 21.4 Å². The normalized spacial score (nSPS) is 11.0. The Hall–Kier alpha value is -4.11. The summed E-state index contributed by atoms with van der Waals surface area (Å²) in [5.41, 5.74) is 1.19. The fourth-order valence-electron chi connectivity index (χ4n) is 3.33. The molecule has 0 radical (unpaired) electrons. The quantitative estimate of drug-likeness (QED) is 0.144. The van der Waals surface area contributed by atoms with Crippen molar-refractivity contribution in [3.63, 3.8) is 0 Å². The number of benzene rings is 4. The van der Waals surface area contributed by atoms with Crippen LogP contribution in [0.1, 0.15) is 15.9 Å². The predicted octanol–water partition coefficient (Wildman–Crippen LogP) is 6.91. The molecule has 4 aromatic carbocycles. The number of esters is 1. The van der Waals surface area contributed by atoms with E-state index in [9.17, 15) is 14.9 Å². The van der Waals surface area contributed by atoms with Crippen molar-refractivity contribution >= 4 is 57.6 Å². The van der Waals surface area contributed by atoms with Crippen molar-refractivity contribution in [2.24, 2.45) is 0 Å². The second-order valence-electron chi connectivity index (χ2n) is 7.22. The maximum absolute atomic E-state index is 12.8. The van der Waals surface area contributed by atoms with Crippen molar-refractivity contribution in [1.29, 1.82) is 5.26 Å². The molecule has 0 fully saturated rings. The van der Waals surface area contributed by atoms with Crippen LogP contribution in [0.25, 0.3) is 16.8 Å². The van der Waals surface area contributed by atoms with Crippen molar-refractivity contribution < 1.29 is 14.3 Å². The number of nitrogens with one attached hydrogen (secondary N) is 1. The maximum Gasteiger partial charge on any atom is 0.343 e. The van der Waals surface area contributed by atoms with Crippen molar-refractivity contribution in [2.75, 3.05) is 5.32 Å². The van der Waals surface area contributed by atoms with Gasteiger partial charge in [0.05, 0.1) is 15.6 Å². The first-order valence-corrected chi connectivity index (χ1v) is 10.9. The number of hydrogen-bond donors (Lipinski definition) is 1. The number of halogens is 2. The first-order valence-electron chi connectivity index (χ1n) is 10.1. The number of anilines is 1. The number of nitrogens with zero attached hydrogens (tertiary/aromatic N) is 1. The van der Waals surface area contributed by atoms with E-state index in [4.69, 9.17) is 27.9 Å². The monoisotopic (exact) mass is 486 g/mol. The Bertz CT molecular complexity index is 1450. The first-order chi connectivity index (χ1) is 16.5. The zero-order valence-corrected chi connectivity index (χ0v) is 19.1. The van der Waals surface area contributed by atoms with E-state index >= 15 is 0 Å². The standard InChI is InChI=1S/C27H16Cl2N2O3/c28-22-14-17(15-23(29)25(22)34-27(33)19-8-2-1-3-9-19)13-20(16-30)26(32)31-24-12-6-10-18-7-4-5-11-21(18)24/h1-15H,(H,31,32)/b20-13+. The molecule has 1 amide bonds. The minimum atomic E-state index is -0.611. The molecule has 0 heterocycles. The van der Waals surface area contributed by atoms with Crippen LogP contribution in [0.2, 0.25) is 10.0 Å². The van der Waals surface area contributed by atoms with Gasteiger partial charge in [-0.05, 0) is 47.4 Å². The van der Waals surface area contributed by atoms with Crippen molar-refractivity contribution in [3.05, 3.63) is 112 Å². The van der Waals surface area contributed by atoms with E-state index in [0.717, 1.165) is 10.8 Å². The van der Waals surface area contributed by atoms with E-state index < -0.39 is 11.9 Å². The Morgan fingerprint density at radius 1 is 0.882 bits per heavy atom. The van der Waals surface area contributed by atoms with Crippen molar-refractivity contribution in [1.82, 2.24) is 0 Å². The molecule has 0 spiro atoms. The van der Waals surface area contributed by atoms with Gasteiger partial charge >= 0.3 is 5.97 Å². The zero-order chi connectivity index (χ0) is 24.1. The first kappa shape index (κ1) is 23.1. The van der Waals surface area contributed by atoms with E-state index in [1.807, 2.05) is 42.5 Å². The molecule has 34 heavy (non-hydrogen) atoms. The zero-order valence-electron chi connectivity index (χ0n) is 17.6. The SMILES string of the molecule is N#C/C(=C\c1cc(Cl)c(OC(=O)c2ccccc2)c(Cl)c1)C(=O)Nc1cccc2ccccc12. The second-order valence-corrected chi connectivity index (χ2v) is 8.03. The molecule has 0 aromatic heterocycles. The Labute approximate surface area is 205 Å². The van der Waals surface area contributed by atoms with Gasteiger partial charge in [0.1, 0.15) is 11.6 Å². The molecule has 0 aliphatic heterocycles. The number of hydrogen-bond acceptors (Lipinski definition) is 4. The Balaban J connectivity index is 1.57. The Morgan fingerprint density at radius 2 is 1.53 bits per heavy atom. The third-order valence-electron chi connectivity index (χ3n) is 4.94. The third kappa shape index (κ3) is 5.10. The summed E-state index contributed by atoms with van der Waals surface area (Å²) in [5.74, 6) is -1.20. The van der Waals surface area contributed by atoms with E-state index in [2.05, 4.69) is 5.32 Å². The molecule has 4 rings (SSSR count). The number of rotatable bonds is 5. The average molecular weight is 487 g/mol. The number of fused-ring (bicyclic) bond motifs is 1. The summed E-state index contributed by atoms with van der Waals surface area (Å²) in [4.78, 5) is 25.1. The molecule has 0 atom stereocenters. The molecule has 7 heteroatoms. The molecule has 0 bridgehead atoms. The highest BCUT2D eigenvalue weighted by Crippen LogP contribution is 2.35. The summed E-state index contributed by atoms with van der Waals surface area (Å²) in [5, 5.41) is 14.3. The van der Waals surface area contributed by atoms with Gasteiger partial charge in [0.15, 0.2) is 5.75 Å². The number of amides is 1. The van der Waals surface area contributed by atoms with Gasteiger partial charge in [-0.15, -0.1) is 0 Å². The van der Waals surface area contributed by atoms with E-state index in [0.29, 0.717) is 16.8 Å². The van der Waals surface area contributed by atoms with Crippen LogP contribution in [-0.2, 0) is 4.79 Å². The lowest BCUT2D eigenvalue weighted by Gasteiger charge is -2.10. The Kier molecular flexibility index (Phi) is 6.93. The van der Waals surface area contributed by atoms with Crippen molar-refractivity contribution in [2.45, 2.75) is 0 Å². The van der Waals surface area contributed by atoms with Crippen LogP contribution < -0.4 is 10.1 Å². The summed E-state index contributed by atoms with van der Waals surface area (Å²) in [6, 6.07) is 26.3. The summed E-state index contributed by atoms with van der Waals surface area (Å²) in [7, 11) is 0. The lowest BCUT2D eigenvalue weighted by molar-refractivity contribution is -0.112. The number of ether oxygens (including phenoxy) is 1. The van der Waals surface area contributed by atoms with Gasteiger partial charge in [-0.25, -0.2) is 4.79 Å². The molecule has 1 N–H and O–H groups in total. The smallest absolute Gasteiger partial charge is 0.343 e. The molecule has 5 nitrogen and oxygen atoms in total. The van der Waals surface area contributed by atoms with Gasteiger partial charge < -0.3 is 10.1 Å².